The second kappa shape index (κ2) is 4.51. The molecule has 4 heteroatoms. The third-order valence-electron chi connectivity index (χ3n) is 2.15. The minimum absolute atomic E-state index is 0.234. The van der Waals surface area contributed by atoms with Gasteiger partial charge >= 0.3 is 0 Å². The Morgan fingerprint density at radius 1 is 1.20 bits per heavy atom. The molecule has 1 unspecified atom stereocenters. The molecule has 0 saturated heterocycles. The van der Waals surface area contributed by atoms with Gasteiger partial charge in [0, 0.05) is 8.95 Å². The normalized spacial score (nSPS) is 12.7. The molecule has 2 aromatic rings. The zero-order valence-corrected chi connectivity index (χ0v) is 11.0. The standard InChI is InChI=1S/C11H9Br2NO/c12-7-3-4-8(9(13)6-7)11(14)10-2-1-5-15-10/h1-6,11H,14H2. The van der Waals surface area contributed by atoms with E-state index in [9.17, 15) is 0 Å². The van der Waals surface area contributed by atoms with Crippen LogP contribution in [-0.2, 0) is 0 Å². The molecule has 1 aromatic carbocycles. The molecule has 0 amide bonds. The van der Waals surface area contributed by atoms with E-state index in [1.54, 1.807) is 6.26 Å². The quantitative estimate of drug-likeness (QED) is 0.908. The first-order valence-electron chi connectivity index (χ1n) is 4.42. The fourth-order valence-electron chi connectivity index (χ4n) is 1.38. The van der Waals surface area contributed by atoms with Crippen molar-refractivity contribution in [3.05, 3.63) is 56.9 Å². The van der Waals surface area contributed by atoms with Crippen LogP contribution in [0, 0.1) is 0 Å². The smallest absolute Gasteiger partial charge is 0.125 e. The fraction of sp³-hybridized carbons (Fsp3) is 0.0909. The van der Waals surface area contributed by atoms with Crippen molar-refractivity contribution in [2.75, 3.05) is 0 Å². The van der Waals surface area contributed by atoms with E-state index in [1.165, 1.54) is 0 Å². The summed E-state index contributed by atoms with van der Waals surface area (Å²) in [4.78, 5) is 0. The van der Waals surface area contributed by atoms with Crippen molar-refractivity contribution < 1.29 is 4.42 Å². The Kier molecular flexibility index (Phi) is 3.29. The number of rotatable bonds is 2. The molecular formula is C11H9Br2NO. The van der Waals surface area contributed by atoms with Gasteiger partial charge in [0.1, 0.15) is 5.76 Å². The summed E-state index contributed by atoms with van der Waals surface area (Å²) < 4.78 is 7.27. The minimum atomic E-state index is -0.234. The molecule has 0 radical (unpaired) electrons. The highest BCUT2D eigenvalue weighted by atomic mass is 79.9. The number of furan rings is 1. The van der Waals surface area contributed by atoms with Crippen LogP contribution in [0.5, 0.6) is 0 Å². The molecule has 78 valence electrons. The molecule has 2 rings (SSSR count). The van der Waals surface area contributed by atoms with E-state index in [0.29, 0.717) is 0 Å². The highest BCUT2D eigenvalue weighted by molar-refractivity contribution is 9.11. The van der Waals surface area contributed by atoms with E-state index in [4.69, 9.17) is 10.2 Å². The highest BCUT2D eigenvalue weighted by Crippen LogP contribution is 2.29. The van der Waals surface area contributed by atoms with Crippen LogP contribution >= 0.6 is 31.9 Å². The van der Waals surface area contributed by atoms with Crippen LogP contribution in [-0.4, -0.2) is 0 Å². The summed E-state index contributed by atoms with van der Waals surface area (Å²) in [6.07, 6.45) is 1.63. The molecule has 0 aliphatic heterocycles. The van der Waals surface area contributed by atoms with Crippen molar-refractivity contribution in [2.45, 2.75) is 6.04 Å². The van der Waals surface area contributed by atoms with Crippen molar-refractivity contribution in [3.63, 3.8) is 0 Å². The van der Waals surface area contributed by atoms with Crippen molar-refractivity contribution in [3.8, 4) is 0 Å². The maximum absolute atomic E-state index is 6.07. The molecule has 0 aliphatic rings. The summed E-state index contributed by atoms with van der Waals surface area (Å²) in [5, 5.41) is 0. The van der Waals surface area contributed by atoms with Crippen LogP contribution < -0.4 is 5.73 Å². The fourth-order valence-corrected chi connectivity index (χ4v) is 2.67. The van der Waals surface area contributed by atoms with Crippen LogP contribution in [0.4, 0.5) is 0 Å². The Morgan fingerprint density at radius 3 is 2.60 bits per heavy atom. The first-order valence-corrected chi connectivity index (χ1v) is 6.01. The molecule has 0 spiro atoms. The Balaban J connectivity index is 2.38. The van der Waals surface area contributed by atoms with Crippen molar-refractivity contribution >= 4 is 31.9 Å². The topological polar surface area (TPSA) is 39.2 Å². The van der Waals surface area contributed by atoms with Crippen molar-refractivity contribution in [1.29, 1.82) is 0 Å². The van der Waals surface area contributed by atoms with Crippen molar-refractivity contribution in [1.82, 2.24) is 0 Å². The average Bonchev–Trinajstić information content (AvgIpc) is 2.69. The monoisotopic (exact) mass is 329 g/mol. The van der Waals surface area contributed by atoms with Gasteiger partial charge in [-0.1, -0.05) is 37.9 Å². The lowest BCUT2D eigenvalue weighted by atomic mass is 10.1. The van der Waals surface area contributed by atoms with Crippen molar-refractivity contribution in [2.24, 2.45) is 5.73 Å². The van der Waals surface area contributed by atoms with Gasteiger partial charge in [-0.2, -0.15) is 0 Å². The summed E-state index contributed by atoms with van der Waals surface area (Å²) in [7, 11) is 0. The summed E-state index contributed by atoms with van der Waals surface area (Å²) in [5.74, 6) is 0.762. The summed E-state index contributed by atoms with van der Waals surface area (Å²) >= 11 is 6.88. The molecule has 0 saturated carbocycles. The Morgan fingerprint density at radius 2 is 2.00 bits per heavy atom. The molecule has 1 heterocycles. The van der Waals surface area contributed by atoms with Crippen LogP contribution in [0.25, 0.3) is 0 Å². The molecule has 1 atom stereocenters. The lowest BCUT2D eigenvalue weighted by molar-refractivity contribution is 0.489. The van der Waals surface area contributed by atoms with E-state index in [0.717, 1.165) is 20.3 Å². The largest absolute Gasteiger partial charge is 0.467 e. The van der Waals surface area contributed by atoms with E-state index < -0.39 is 0 Å². The molecule has 1 aromatic heterocycles. The summed E-state index contributed by atoms with van der Waals surface area (Å²) in [5.41, 5.74) is 7.08. The first-order chi connectivity index (χ1) is 7.18. The van der Waals surface area contributed by atoms with E-state index in [-0.39, 0.29) is 6.04 Å². The lowest BCUT2D eigenvalue weighted by Crippen LogP contribution is -2.11. The molecule has 0 aliphatic carbocycles. The molecule has 0 fully saturated rings. The van der Waals surface area contributed by atoms with Gasteiger partial charge in [0.25, 0.3) is 0 Å². The van der Waals surface area contributed by atoms with Gasteiger partial charge in [0.15, 0.2) is 0 Å². The second-order valence-corrected chi connectivity index (χ2v) is 4.93. The number of benzene rings is 1. The Hall–Kier alpha value is -0.580. The van der Waals surface area contributed by atoms with E-state index in [2.05, 4.69) is 31.9 Å². The third kappa shape index (κ3) is 2.33. The highest BCUT2D eigenvalue weighted by Gasteiger charge is 2.14. The summed E-state index contributed by atoms with van der Waals surface area (Å²) in [6.45, 7) is 0. The zero-order chi connectivity index (χ0) is 10.8. The number of nitrogens with two attached hydrogens (primary N) is 1. The maximum Gasteiger partial charge on any atom is 0.125 e. The maximum atomic E-state index is 6.07. The molecule has 2 N–H and O–H groups in total. The predicted molar refractivity (Wildman–Crippen MR) is 66.6 cm³/mol. The van der Waals surface area contributed by atoms with E-state index in [1.807, 2.05) is 30.3 Å². The Labute approximate surface area is 105 Å². The molecule has 0 bridgehead atoms. The van der Waals surface area contributed by atoms with Crippen LogP contribution in [0.2, 0.25) is 0 Å². The van der Waals surface area contributed by atoms with Gasteiger partial charge in [0.2, 0.25) is 0 Å². The predicted octanol–water partition coefficient (Wildman–Crippen LogP) is 3.85. The van der Waals surface area contributed by atoms with E-state index >= 15 is 0 Å². The Bertz CT molecular complexity index is 454. The van der Waals surface area contributed by atoms with Gasteiger partial charge in [-0.3, -0.25) is 0 Å². The van der Waals surface area contributed by atoms with Crippen LogP contribution in [0.15, 0.2) is 50.0 Å². The number of hydrogen-bond donors (Lipinski definition) is 1. The van der Waals surface area contributed by atoms with Crippen LogP contribution in [0.1, 0.15) is 17.4 Å². The average molecular weight is 331 g/mol. The third-order valence-corrected chi connectivity index (χ3v) is 3.33. The van der Waals surface area contributed by atoms with Gasteiger partial charge < -0.3 is 10.2 Å². The zero-order valence-electron chi connectivity index (χ0n) is 7.78. The second-order valence-electron chi connectivity index (χ2n) is 3.16. The van der Waals surface area contributed by atoms with Gasteiger partial charge in [0.05, 0.1) is 12.3 Å². The minimum Gasteiger partial charge on any atom is -0.467 e. The van der Waals surface area contributed by atoms with Gasteiger partial charge in [-0.15, -0.1) is 0 Å². The number of hydrogen-bond acceptors (Lipinski definition) is 2. The SMILES string of the molecule is NC(c1ccco1)c1ccc(Br)cc1Br. The molecule has 15 heavy (non-hydrogen) atoms. The van der Waals surface area contributed by atoms with Gasteiger partial charge in [-0.05, 0) is 29.8 Å². The molecule has 2 nitrogen and oxygen atoms in total. The summed E-state index contributed by atoms with van der Waals surface area (Å²) in [6, 6.07) is 9.38. The van der Waals surface area contributed by atoms with Gasteiger partial charge in [-0.25, -0.2) is 0 Å². The number of halogens is 2. The lowest BCUT2D eigenvalue weighted by Gasteiger charge is -2.11. The molecular weight excluding hydrogens is 322 g/mol. The first kappa shape index (κ1) is 10.9. The van der Waals surface area contributed by atoms with Crippen LogP contribution in [0.3, 0.4) is 0 Å².